The summed E-state index contributed by atoms with van der Waals surface area (Å²) < 4.78 is 6.22. The second-order valence-corrected chi connectivity index (χ2v) is 4.61. The van der Waals surface area contributed by atoms with Crippen LogP contribution in [0.4, 0.5) is 0 Å². The minimum Gasteiger partial charge on any atom is -0.494 e. The number of hydrogen-bond donors (Lipinski definition) is 1. The number of ether oxygens (including phenoxy) is 1. The second-order valence-electron chi connectivity index (χ2n) is 4.17. The van der Waals surface area contributed by atoms with Crippen molar-refractivity contribution in [3.63, 3.8) is 0 Å². The van der Waals surface area contributed by atoms with Crippen LogP contribution in [-0.2, 0) is 0 Å². The lowest BCUT2D eigenvalue weighted by molar-refractivity contribution is 0.337. The molecule has 0 amide bonds. The van der Waals surface area contributed by atoms with Crippen LogP contribution in [0.25, 0.3) is 11.3 Å². The Morgan fingerprint density at radius 3 is 2.61 bits per heavy atom. The highest BCUT2D eigenvalue weighted by molar-refractivity contribution is 7.71. The van der Waals surface area contributed by atoms with Crippen molar-refractivity contribution in [3.05, 3.63) is 40.0 Å². The molecule has 1 heterocycles. The van der Waals surface area contributed by atoms with E-state index in [1.807, 2.05) is 26.0 Å². The fourth-order valence-corrected chi connectivity index (χ4v) is 1.98. The average molecular weight is 260 g/mol. The second kappa shape index (κ2) is 5.31. The molecule has 0 atom stereocenters. The molecular weight excluding hydrogens is 244 g/mol. The van der Waals surface area contributed by atoms with Gasteiger partial charge < -0.3 is 4.74 Å². The van der Waals surface area contributed by atoms with Crippen LogP contribution < -0.4 is 4.74 Å². The molecule has 0 saturated heterocycles. The molecule has 0 bridgehead atoms. The highest BCUT2D eigenvalue weighted by Crippen LogP contribution is 2.28. The van der Waals surface area contributed by atoms with E-state index in [1.54, 1.807) is 0 Å². The van der Waals surface area contributed by atoms with Gasteiger partial charge in [0.1, 0.15) is 10.4 Å². The van der Waals surface area contributed by atoms with Gasteiger partial charge in [0.2, 0.25) is 0 Å². The zero-order chi connectivity index (χ0) is 13.1. The maximum absolute atomic E-state index is 5.58. The molecule has 0 fully saturated rings. The summed E-state index contributed by atoms with van der Waals surface area (Å²) in [5, 5.41) is 7.07. The lowest BCUT2D eigenvalue weighted by atomic mass is 10.0. The summed E-state index contributed by atoms with van der Waals surface area (Å²) in [5.41, 5.74) is 4.25. The van der Waals surface area contributed by atoms with Crippen LogP contribution in [0.15, 0.2) is 24.3 Å². The van der Waals surface area contributed by atoms with Gasteiger partial charge in [-0.3, -0.25) is 5.10 Å². The van der Waals surface area contributed by atoms with E-state index in [0.717, 1.165) is 28.1 Å². The molecule has 1 aromatic heterocycles. The van der Waals surface area contributed by atoms with Crippen molar-refractivity contribution >= 4 is 12.2 Å². The summed E-state index contributed by atoms with van der Waals surface area (Å²) in [4.78, 5) is 0. The lowest BCUT2D eigenvalue weighted by Gasteiger charge is -2.12. The van der Waals surface area contributed by atoms with E-state index in [2.05, 4.69) is 29.3 Å². The van der Waals surface area contributed by atoms with Gasteiger partial charge in [-0.2, -0.15) is 5.10 Å². The summed E-state index contributed by atoms with van der Waals surface area (Å²) in [6.45, 7) is 6.76. The van der Waals surface area contributed by atoms with E-state index < -0.39 is 0 Å². The van der Waals surface area contributed by atoms with Crippen molar-refractivity contribution in [2.24, 2.45) is 0 Å². The van der Waals surface area contributed by atoms with Crippen molar-refractivity contribution in [2.45, 2.75) is 20.8 Å². The van der Waals surface area contributed by atoms with E-state index in [9.17, 15) is 0 Å². The van der Waals surface area contributed by atoms with Gasteiger partial charge >= 0.3 is 0 Å². The first-order valence-electron chi connectivity index (χ1n) is 5.92. The molecule has 2 aromatic rings. The highest BCUT2D eigenvalue weighted by atomic mass is 32.1. The van der Waals surface area contributed by atoms with E-state index in [0.29, 0.717) is 11.2 Å². The third-order valence-corrected chi connectivity index (χ3v) is 3.00. The van der Waals surface area contributed by atoms with E-state index in [1.165, 1.54) is 0 Å². The van der Waals surface area contributed by atoms with Gasteiger partial charge in [-0.05, 0) is 56.2 Å². The summed E-state index contributed by atoms with van der Waals surface area (Å²) >= 11 is 5.00. The van der Waals surface area contributed by atoms with Gasteiger partial charge in [0.05, 0.1) is 12.3 Å². The van der Waals surface area contributed by atoms with Gasteiger partial charge in [0.25, 0.3) is 0 Å². The Kier molecular flexibility index (Phi) is 3.77. The smallest absolute Gasteiger partial charge is 0.122 e. The number of aromatic nitrogens is 2. The Balaban J connectivity index is 2.49. The molecule has 0 aliphatic carbocycles. The number of benzene rings is 1. The zero-order valence-corrected chi connectivity index (χ0v) is 11.6. The first-order valence-corrected chi connectivity index (χ1v) is 6.32. The molecule has 0 aliphatic rings. The van der Waals surface area contributed by atoms with Crippen molar-refractivity contribution < 1.29 is 4.74 Å². The number of rotatable bonds is 3. The van der Waals surface area contributed by atoms with Gasteiger partial charge in [-0.1, -0.05) is 12.2 Å². The standard InChI is InChI=1S/C14H16N2OS/c1-4-17-13-8-9(2)11(7-10(13)3)12-5-6-14(18)16-15-12/h5-8H,4H2,1-3H3,(H,16,18). The maximum Gasteiger partial charge on any atom is 0.122 e. The molecule has 3 nitrogen and oxygen atoms in total. The zero-order valence-electron chi connectivity index (χ0n) is 10.8. The third-order valence-electron chi connectivity index (χ3n) is 2.78. The molecule has 2 rings (SSSR count). The molecule has 0 spiro atoms. The SMILES string of the molecule is CCOc1cc(C)c(-c2ccc(=S)[nH]n2)cc1C. The number of hydrogen-bond acceptors (Lipinski definition) is 3. The largest absolute Gasteiger partial charge is 0.494 e. The first-order chi connectivity index (χ1) is 8.61. The number of nitrogens with zero attached hydrogens (tertiary/aromatic N) is 1. The van der Waals surface area contributed by atoms with Crippen molar-refractivity contribution in [2.75, 3.05) is 6.61 Å². The van der Waals surface area contributed by atoms with E-state index >= 15 is 0 Å². The third kappa shape index (κ3) is 2.59. The normalized spacial score (nSPS) is 10.4. The van der Waals surface area contributed by atoms with Crippen molar-refractivity contribution in [3.8, 4) is 17.0 Å². The molecule has 1 aromatic carbocycles. The van der Waals surface area contributed by atoms with Gasteiger partial charge in [-0.15, -0.1) is 0 Å². The quantitative estimate of drug-likeness (QED) is 0.852. The molecule has 0 radical (unpaired) electrons. The Hall–Kier alpha value is -1.68. The van der Waals surface area contributed by atoms with Crippen LogP contribution in [0.2, 0.25) is 0 Å². The number of aryl methyl sites for hydroxylation is 2. The number of H-pyrrole nitrogens is 1. The van der Waals surface area contributed by atoms with Gasteiger partial charge in [-0.25, -0.2) is 0 Å². The van der Waals surface area contributed by atoms with Gasteiger partial charge in [0.15, 0.2) is 0 Å². The van der Waals surface area contributed by atoms with Crippen LogP contribution in [0, 0.1) is 18.5 Å². The molecule has 0 saturated carbocycles. The predicted molar refractivity (Wildman–Crippen MR) is 75.5 cm³/mol. The molecule has 0 aliphatic heterocycles. The number of nitrogens with one attached hydrogen (secondary N) is 1. The van der Waals surface area contributed by atoms with Crippen molar-refractivity contribution in [1.29, 1.82) is 0 Å². The molecule has 18 heavy (non-hydrogen) atoms. The minimum atomic E-state index is 0.638. The Bertz CT molecular complexity index is 599. The highest BCUT2D eigenvalue weighted by Gasteiger charge is 2.08. The molecule has 94 valence electrons. The van der Waals surface area contributed by atoms with Crippen molar-refractivity contribution in [1.82, 2.24) is 10.2 Å². The molecule has 0 unspecified atom stereocenters. The topological polar surface area (TPSA) is 37.9 Å². The minimum absolute atomic E-state index is 0.638. The lowest BCUT2D eigenvalue weighted by Crippen LogP contribution is -1.97. The first kappa shape index (κ1) is 12.8. The summed E-state index contributed by atoms with van der Waals surface area (Å²) in [6, 6.07) is 7.93. The molecule has 4 heteroatoms. The maximum atomic E-state index is 5.58. The summed E-state index contributed by atoms with van der Waals surface area (Å²) in [7, 11) is 0. The van der Waals surface area contributed by atoms with Crippen LogP contribution >= 0.6 is 12.2 Å². The molecular formula is C14H16N2OS. The van der Waals surface area contributed by atoms with Crippen LogP contribution in [0.5, 0.6) is 5.75 Å². The summed E-state index contributed by atoms with van der Waals surface area (Å²) in [5.74, 6) is 0.933. The van der Waals surface area contributed by atoms with Crippen LogP contribution in [0.3, 0.4) is 0 Å². The number of aromatic amines is 1. The summed E-state index contributed by atoms with van der Waals surface area (Å²) in [6.07, 6.45) is 0. The van der Waals surface area contributed by atoms with Crippen LogP contribution in [-0.4, -0.2) is 16.8 Å². The fraction of sp³-hybridized carbons (Fsp3) is 0.286. The van der Waals surface area contributed by atoms with E-state index in [-0.39, 0.29) is 0 Å². The fourth-order valence-electron chi connectivity index (χ4n) is 1.87. The Morgan fingerprint density at radius 2 is 2.00 bits per heavy atom. The predicted octanol–water partition coefficient (Wildman–Crippen LogP) is 3.82. The van der Waals surface area contributed by atoms with E-state index in [4.69, 9.17) is 17.0 Å². The Morgan fingerprint density at radius 1 is 1.22 bits per heavy atom. The monoisotopic (exact) mass is 260 g/mol. The van der Waals surface area contributed by atoms with Crippen LogP contribution in [0.1, 0.15) is 18.1 Å². The van der Waals surface area contributed by atoms with Gasteiger partial charge in [0, 0.05) is 5.56 Å². The Labute approximate surface area is 112 Å². The average Bonchev–Trinajstić information content (AvgIpc) is 2.35. The molecule has 1 N–H and O–H groups in total.